The summed E-state index contributed by atoms with van der Waals surface area (Å²) >= 11 is 0. The average molecular weight is 462 g/mol. The van der Waals surface area contributed by atoms with Gasteiger partial charge in [-0.05, 0) is 48.5 Å². The van der Waals surface area contributed by atoms with Crippen molar-refractivity contribution in [3.05, 3.63) is 96.1 Å². The first-order chi connectivity index (χ1) is 16.5. The highest BCUT2D eigenvalue weighted by Gasteiger charge is 2.46. The molecule has 176 valence electrons. The van der Waals surface area contributed by atoms with Crippen molar-refractivity contribution in [2.75, 3.05) is 13.7 Å². The summed E-state index contributed by atoms with van der Waals surface area (Å²) in [5.41, 5.74) is 0.853. The summed E-state index contributed by atoms with van der Waals surface area (Å²) < 4.78 is 28.5. The van der Waals surface area contributed by atoms with Gasteiger partial charge in [-0.3, -0.25) is 0 Å². The lowest BCUT2D eigenvalue weighted by Crippen LogP contribution is -2.35. The third-order valence-corrected chi connectivity index (χ3v) is 5.58. The van der Waals surface area contributed by atoms with Gasteiger partial charge in [-0.25, -0.2) is 9.59 Å². The molecule has 0 N–H and O–H groups in total. The van der Waals surface area contributed by atoms with E-state index in [2.05, 4.69) is 0 Å². The molecule has 0 aliphatic carbocycles. The summed E-state index contributed by atoms with van der Waals surface area (Å²) in [6, 6.07) is 24.5. The normalized spacial score (nSPS) is 21.5. The minimum atomic E-state index is -0.706. The Morgan fingerprint density at radius 3 is 1.94 bits per heavy atom. The largest absolute Gasteiger partial charge is 0.497 e. The molecule has 7 nitrogen and oxygen atoms in total. The molecular formula is C27H26O7. The summed E-state index contributed by atoms with van der Waals surface area (Å²) in [6.45, 7) is 1.78. The van der Waals surface area contributed by atoms with Gasteiger partial charge in [0.1, 0.15) is 30.3 Å². The van der Waals surface area contributed by atoms with Crippen LogP contribution in [-0.4, -0.2) is 44.2 Å². The Hall–Kier alpha value is -3.84. The van der Waals surface area contributed by atoms with Gasteiger partial charge in [-0.2, -0.15) is 0 Å². The highest BCUT2D eigenvalue weighted by Crippen LogP contribution is 2.33. The molecule has 0 saturated carbocycles. The molecule has 3 aromatic rings. The number of hydrogen-bond donors (Lipinski definition) is 0. The number of esters is 2. The van der Waals surface area contributed by atoms with Gasteiger partial charge in [0.2, 0.25) is 6.29 Å². The lowest BCUT2D eigenvalue weighted by molar-refractivity contribution is -0.103. The molecule has 0 radical (unpaired) electrons. The minimum Gasteiger partial charge on any atom is -0.497 e. The summed E-state index contributed by atoms with van der Waals surface area (Å²) in [6.07, 6.45) is -2.08. The molecule has 4 rings (SSSR count). The zero-order valence-electron chi connectivity index (χ0n) is 19.0. The van der Waals surface area contributed by atoms with E-state index in [1.165, 1.54) is 0 Å². The summed E-state index contributed by atoms with van der Waals surface area (Å²) in [7, 11) is 1.59. The Balaban J connectivity index is 1.47. The van der Waals surface area contributed by atoms with Crippen molar-refractivity contribution in [1.29, 1.82) is 0 Å². The Morgan fingerprint density at radius 2 is 1.35 bits per heavy atom. The van der Waals surface area contributed by atoms with Crippen LogP contribution in [0.2, 0.25) is 0 Å². The minimum absolute atomic E-state index is 0.0900. The van der Waals surface area contributed by atoms with E-state index in [-0.39, 0.29) is 12.5 Å². The van der Waals surface area contributed by atoms with Crippen molar-refractivity contribution in [3.63, 3.8) is 0 Å². The van der Waals surface area contributed by atoms with Crippen molar-refractivity contribution < 1.29 is 33.3 Å². The van der Waals surface area contributed by atoms with Gasteiger partial charge in [-0.1, -0.05) is 43.3 Å². The maximum Gasteiger partial charge on any atom is 0.338 e. The van der Waals surface area contributed by atoms with Crippen LogP contribution < -0.4 is 9.47 Å². The Bertz CT molecular complexity index is 1080. The molecule has 1 saturated heterocycles. The van der Waals surface area contributed by atoms with Crippen molar-refractivity contribution >= 4 is 11.9 Å². The van der Waals surface area contributed by atoms with E-state index in [1.807, 2.05) is 19.1 Å². The van der Waals surface area contributed by atoms with E-state index < -0.39 is 30.4 Å². The predicted octanol–water partition coefficient (Wildman–Crippen LogP) is 4.52. The monoisotopic (exact) mass is 462 g/mol. The van der Waals surface area contributed by atoms with Crippen molar-refractivity contribution in [1.82, 2.24) is 0 Å². The smallest absolute Gasteiger partial charge is 0.338 e. The number of methoxy groups -OCH3 is 1. The van der Waals surface area contributed by atoms with Crippen LogP contribution in [0.1, 0.15) is 27.6 Å². The third kappa shape index (κ3) is 5.55. The standard InChI is InChI=1S/C27H26O7/c1-18-24(34-26(29)20-11-7-4-8-12-20)23(17-31-25(28)19-9-5-3-6-10-19)33-27(18)32-22-15-13-21(30-2)14-16-22/h3-16,18,23-24,27H,17H2,1-2H3/t18-,23-,24+,27-/m1/s1. The lowest BCUT2D eigenvalue weighted by atomic mass is 10.0. The maximum atomic E-state index is 12.7. The first-order valence-electron chi connectivity index (χ1n) is 11.0. The van der Waals surface area contributed by atoms with Gasteiger partial charge in [0.25, 0.3) is 0 Å². The SMILES string of the molecule is COc1ccc(O[C@@H]2O[C@H](COC(=O)c3ccccc3)[C@@H](OC(=O)c3ccccc3)[C@H]2C)cc1. The molecule has 1 fully saturated rings. The molecule has 4 atom stereocenters. The van der Waals surface area contributed by atoms with Crippen LogP contribution in [0, 0.1) is 5.92 Å². The fourth-order valence-corrected chi connectivity index (χ4v) is 3.69. The molecular weight excluding hydrogens is 436 g/mol. The molecule has 0 aromatic heterocycles. The van der Waals surface area contributed by atoms with Crippen molar-refractivity contribution in [2.45, 2.75) is 25.4 Å². The average Bonchev–Trinajstić information content (AvgIpc) is 3.17. The number of rotatable bonds is 8. The van der Waals surface area contributed by atoms with Crippen LogP contribution >= 0.6 is 0 Å². The molecule has 1 heterocycles. The molecule has 7 heteroatoms. The number of carbonyl (C=O) groups excluding carboxylic acids is 2. The van der Waals surface area contributed by atoms with Gasteiger partial charge >= 0.3 is 11.9 Å². The number of ether oxygens (including phenoxy) is 5. The molecule has 0 bridgehead atoms. The van der Waals surface area contributed by atoms with Crippen LogP contribution in [0.4, 0.5) is 0 Å². The fraction of sp³-hybridized carbons (Fsp3) is 0.259. The zero-order chi connectivity index (χ0) is 23.9. The van der Waals surface area contributed by atoms with Crippen molar-refractivity contribution in [2.24, 2.45) is 5.92 Å². The van der Waals surface area contributed by atoms with Gasteiger partial charge in [0, 0.05) is 0 Å². The van der Waals surface area contributed by atoms with Crippen molar-refractivity contribution in [3.8, 4) is 11.5 Å². The van der Waals surface area contributed by atoms with E-state index in [4.69, 9.17) is 23.7 Å². The molecule has 1 aliphatic heterocycles. The molecule has 34 heavy (non-hydrogen) atoms. The first kappa shape index (κ1) is 23.3. The highest BCUT2D eigenvalue weighted by atomic mass is 16.7. The quantitative estimate of drug-likeness (QED) is 0.456. The number of benzene rings is 3. The van der Waals surface area contributed by atoms with Gasteiger partial charge in [-0.15, -0.1) is 0 Å². The van der Waals surface area contributed by atoms with E-state index >= 15 is 0 Å². The van der Waals surface area contributed by atoms with Gasteiger partial charge < -0.3 is 23.7 Å². The Labute approximate surface area is 198 Å². The molecule has 0 spiro atoms. The summed E-state index contributed by atoms with van der Waals surface area (Å²) in [5, 5.41) is 0. The number of hydrogen-bond acceptors (Lipinski definition) is 7. The van der Waals surface area contributed by atoms with Crippen LogP contribution in [0.25, 0.3) is 0 Å². The van der Waals surface area contributed by atoms with E-state index in [1.54, 1.807) is 79.9 Å². The van der Waals surface area contributed by atoms with Gasteiger partial charge in [0.05, 0.1) is 24.2 Å². The van der Waals surface area contributed by atoms with Crippen LogP contribution in [0.5, 0.6) is 11.5 Å². The predicted molar refractivity (Wildman–Crippen MR) is 124 cm³/mol. The fourth-order valence-electron chi connectivity index (χ4n) is 3.69. The molecule has 0 unspecified atom stereocenters. The third-order valence-electron chi connectivity index (χ3n) is 5.58. The summed E-state index contributed by atoms with van der Waals surface area (Å²) in [4.78, 5) is 25.2. The molecule has 3 aromatic carbocycles. The second-order valence-corrected chi connectivity index (χ2v) is 7.90. The second-order valence-electron chi connectivity index (χ2n) is 7.90. The molecule has 0 amide bonds. The molecule has 1 aliphatic rings. The highest BCUT2D eigenvalue weighted by molar-refractivity contribution is 5.90. The topological polar surface area (TPSA) is 80.3 Å². The first-order valence-corrected chi connectivity index (χ1v) is 11.0. The second kappa shape index (κ2) is 10.9. The summed E-state index contributed by atoms with van der Waals surface area (Å²) in [5.74, 6) is -0.00828. The van der Waals surface area contributed by atoms with Crippen LogP contribution in [-0.2, 0) is 14.2 Å². The zero-order valence-corrected chi connectivity index (χ0v) is 19.0. The van der Waals surface area contributed by atoms with Gasteiger partial charge in [0.15, 0.2) is 0 Å². The Kier molecular flexibility index (Phi) is 7.44. The van der Waals surface area contributed by atoms with E-state index in [0.29, 0.717) is 22.6 Å². The Morgan fingerprint density at radius 1 is 0.794 bits per heavy atom. The lowest BCUT2D eigenvalue weighted by Gasteiger charge is -2.21. The van der Waals surface area contributed by atoms with Crippen LogP contribution in [0.3, 0.4) is 0 Å². The van der Waals surface area contributed by atoms with E-state index in [9.17, 15) is 9.59 Å². The maximum absolute atomic E-state index is 12.7. The van der Waals surface area contributed by atoms with Crippen LogP contribution in [0.15, 0.2) is 84.9 Å². The number of carbonyl (C=O) groups is 2. The van der Waals surface area contributed by atoms with E-state index in [0.717, 1.165) is 0 Å².